The lowest BCUT2D eigenvalue weighted by Gasteiger charge is -2.41. The molecule has 2 aliphatic rings. The second-order valence-electron chi connectivity index (χ2n) is 15.7. The molecular formula is C53H51Cl2N5O. The van der Waals surface area contributed by atoms with Gasteiger partial charge >= 0.3 is 6.03 Å². The number of hydrogen-bond acceptors (Lipinski definition) is 4. The third kappa shape index (κ3) is 11.2. The van der Waals surface area contributed by atoms with Crippen LogP contribution in [0.15, 0.2) is 188 Å². The Bertz CT molecular complexity index is 2450. The lowest BCUT2D eigenvalue weighted by molar-refractivity contribution is 0.0959. The summed E-state index contributed by atoms with van der Waals surface area (Å²) in [5, 5.41) is 8.25. The third-order valence-corrected chi connectivity index (χ3v) is 12.1. The highest BCUT2D eigenvalue weighted by Gasteiger charge is 2.32. The minimum absolute atomic E-state index is 0.0175. The van der Waals surface area contributed by atoms with Gasteiger partial charge in [-0.15, -0.1) is 0 Å². The number of anilines is 1. The lowest BCUT2D eigenvalue weighted by atomic mass is 10.0. The number of urea groups is 1. The summed E-state index contributed by atoms with van der Waals surface area (Å²) in [6.07, 6.45) is 0. The molecule has 0 radical (unpaired) electrons. The zero-order valence-corrected chi connectivity index (χ0v) is 35.7. The molecule has 2 N–H and O–H groups in total. The molecule has 2 aliphatic heterocycles. The van der Waals surface area contributed by atoms with Crippen molar-refractivity contribution in [1.82, 2.24) is 20.0 Å². The van der Waals surface area contributed by atoms with E-state index < -0.39 is 0 Å². The average molecular weight is 845 g/mol. The number of rotatable bonds is 9. The van der Waals surface area contributed by atoms with Crippen LogP contribution < -0.4 is 10.6 Å². The highest BCUT2D eigenvalue weighted by Crippen LogP contribution is 2.31. The van der Waals surface area contributed by atoms with Gasteiger partial charge in [0.2, 0.25) is 0 Å². The molecule has 7 aromatic carbocycles. The van der Waals surface area contributed by atoms with E-state index in [0.717, 1.165) is 83.8 Å². The standard InChI is InChI=1S/C30H28ClN3O.C23H23ClN2/c31-28-14-8-7-13-27(28)24-17-15-23(16-18-24)21-33-19-20-34(29(22-33)25-9-3-1-4-10-25)30(35)32-26-11-5-2-6-12-26;24-22-9-5-4-8-21(22)19-12-10-18(11-13-19)16-26-15-14-25-23(17-26)20-6-2-1-3-7-20/h1-18,29H,19-22H2,(H,32,35);1-13,23,25H,14-17H2. The van der Waals surface area contributed by atoms with E-state index in [4.69, 9.17) is 23.2 Å². The average Bonchev–Trinajstić information content (AvgIpc) is 3.31. The van der Waals surface area contributed by atoms with Crippen molar-refractivity contribution in [3.8, 4) is 22.3 Å². The number of piperazine rings is 2. The zero-order chi connectivity index (χ0) is 41.8. The topological polar surface area (TPSA) is 50.9 Å². The third-order valence-electron chi connectivity index (χ3n) is 11.5. The van der Waals surface area contributed by atoms with Crippen molar-refractivity contribution < 1.29 is 4.79 Å². The van der Waals surface area contributed by atoms with E-state index in [1.807, 2.05) is 95.9 Å². The number of amides is 2. The highest BCUT2D eigenvalue weighted by atomic mass is 35.5. The van der Waals surface area contributed by atoms with Crippen LogP contribution in [-0.2, 0) is 13.1 Å². The Hall–Kier alpha value is -5.73. The first-order chi connectivity index (χ1) is 30.0. The molecule has 9 rings (SSSR count). The van der Waals surface area contributed by atoms with Gasteiger partial charge in [-0.2, -0.15) is 0 Å². The quantitative estimate of drug-likeness (QED) is 0.152. The fraction of sp³-hybridized carbons (Fsp3) is 0.189. The van der Waals surface area contributed by atoms with Gasteiger partial charge in [-0.3, -0.25) is 9.80 Å². The molecule has 2 saturated heterocycles. The minimum Gasteiger partial charge on any atom is -0.315 e. The molecule has 0 bridgehead atoms. The number of benzene rings is 7. The minimum atomic E-state index is -0.0613. The van der Waals surface area contributed by atoms with Crippen LogP contribution in [0.1, 0.15) is 34.3 Å². The van der Waals surface area contributed by atoms with Crippen LogP contribution in [-0.4, -0.2) is 60.0 Å². The van der Waals surface area contributed by atoms with Crippen LogP contribution >= 0.6 is 23.2 Å². The van der Waals surface area contributed by atoms with Gasteiger partial charge in [-0.1, -0.05) is 187 Å². The first-order valence-corrected chi connectivity index (χ1v) is 21.8. The molecule has 0 spiro atoms. The molecule has 8 heteroatoms. The fourth-order valence-electron chi connectivity index (χ4n) is 8.25. The van der Waals surface area contributed by atoms with E-state index in [9.17, 15) is 4.79 Å². The monoisotopic (exact) mass is 843 g/mol. The van der Waals surface area contributed by atoms with Crippen molar-refractivity contribution in [1.29, 1.82) is 0 Å². The predicted molar refractivity (Wildman–Crippen MR) is 253 cm³/mol. The molecule has 61 heavy (non-hydrogen) atoms. The highest BCUT2D eigenvalue weighted by molar-refractivity contribution is 6.33. The first kappa shape index (κ1) is 42.0. The molecule has 2 unspecified atom stereocenters. The molecule has 2 amide bonds. The van der Waals surface area contributed by atoms with Crippen molar-refractivity contribution in [3.05, 3.63) is 220 Å². The number of para-hydroxylation sites is 1. The largest absolute Gasteiger partial charge is 0.322 e. The van der Waals surface area contributed by atoms with E-state index in [1.165, 1.54) is 22.3 Å². The maximum absolute atomic E-state index is 13.2. The van der Waals surface area contributed by atoms with Crippen molar-refractivity contribution in [3.63, 3.8) is 0 Å². The van der Waals surface area contributed by atoms with Crippen molar-refractivity contribution in [2.75, 3.05) is 44.6 Å². The van der Waals surface area contributed by atoms with Gasteiger partial charge in [0, 0.05) is 85.3 Å². The number of nitrogens with one attached hydrogen (secondary N) is 2. The van der Waals surface area contributed by atoms with Gasteiger partial charge in [-0.05, 0) is 57.6 Å². The zero-order valence-electron chi connectivity index (χ0n) is 34.2. The molecule has 2 atom stereocenters. The van der Waals surface area contributed by atoms with Crippen LogP contribution in [0.2, 0.25) is 10.0 Å². The molecule has 7 aromatic rings. The van der Waals surface area contributed by atoms with Crippen LogP contribution in [0.3, 0.4) is 0 Å². The number of carbonyl (C=O) groups excluding carboxylic acids is 1. The van der Waals surface area contributed by atoms with Gasteiger partial charge in [0.15, 0.2) is 0 Å². The number of hydrogen-bond donors (Lipinski definition) is 2. The van der Waals surface area contributed by atoms with Crippen LogP contribution in [0.25, 0.3) is 22.3 Å². The van der Waals surface area contributed by atoms with E-state index in [1.54, 1.807) is 0 Å². The van der Waals surface area contributed by atoms with E-state index in [2.05, 4.69) is 117 Å². The Morgan fingerprint density at radius 1 is 0.525 bits per heavy atom. The maximum Gasteiger partial charge on any atom is 0.322 e. The molecule has 0 aliphatic carbocycles. The van der Waals surface area contributed by atoms with Gasteiger partial charge < -0.3 is 15.5 Å². The van der Waals surface area contributed by atoms with Gasteiger partial charge in [0.1, 0.15) is 0 Å². The summed E-state index contributed by atoms with van der Waals surface area (Å²) < 4.78 is 0. The van der Waals surface area contributed by atoms with Crippen LogP contribution in [0.4, 0.5) is 10.5 Å². The van der Waals surface area contributed by atoms with Crippen molar-refractivity contribution >= 4 is 34.9 Å². The normalized spacial score (nSPS) is 16.9. The summed E-state index contributed by atoms with van der Waals surface area (Å²) >= 11 is 12.7. The van der Waals surface area contributed by atoms with E-state index >= 15 is 0 Å². The number of carbonyl (C=O) groups is 1. The lowest BCUT2D eigenvalue weighted by Crippen LogP contribution is -2.51. The second-order valence-corrected chi connectivity index (χ2v) is 16.5. The first-order valence-electron chi connectivity index (χ1n) is 21.1. The van der Waals surface area contributed by atoms with Crippen LogP contribution in [0, 0.1) is 0 Å². The molecule has 0 aromatic heterocycles. The fourth-order valence-corrected chi connectivity index (χ4v) is 8.74. The van der Waals surface area contributed by atoms with E-state index in [0.29, 0.717) is 12.6 Å². The molecule has 2 fully saturated rings. The molecular weight excluding hydrogens is 794 g/mol. The summed E-state index contributed by atoms with van der Waals surface area (Å²) in [5.41, 5.74) is 10.3. The summed E-state index contributed by atoms with van der Waals surface area (Å²) in [6.45, 7) is 7.21. The number of halogens is 2. The Morgan fingerprint density at radius 3 is 1.54 bits per heavy atom. The van der Waals surface area contributed by atoms with Crippen molar-refractivity contribution in [2.45, 2.75) is 25.2 Å². The Labute approximate surface area is 370 Å². The Balaban J connectivity index is 0.000000176. The van der Waals surface area contributed by atoms with Gasteiger partial charge in [0.05, 0.1) is 6.04 Å². The summed E-state index contributed by atoms with van der Waals surface area (Å²) in [4.78, 5) is 20.1. The SMILES string of the molecule is Clc1ccccc1-c1ccc(CN2CCNC(c3ccccc3)C2)cc1.O=C(Nc1ccccc1)N1CCN(Cc2ccc(-c3ccccc3Cl)cc2)CC1c1ccccc1. The summed E-state index contributed by atoms with van der Waals surface area (Å²) in [6, 6.07) is 64.3. The second kappa shape index (κ2) is 20.7. The van der Waals surface area contributed by atoms with Gasteiger partial charge in [-0.25, -0.2) is 4.79 Å². The Kier molecular flexibility index (Phi) is 14.2. The summed E-state index contributed by atoms with van der Waals surface area (Å²) in [7, 11) is 0. The van der Waals surface area contributed by atoms with Crippen LogP contribution in [0.5, 0.6) is 0 Å². The predicted octanol–water partition coefficient (Wildman–Crippen LogP) is 12.3. The summed E-state index contributed by atoms with van der Waals surface area (Å²) in [5.74, 6) is 0. The molecule has 6 nitrogen and oxygen atoms in total. The molecule has 2 heterocycles. The van der Waals surface area contributed by atoms with Gasteiger partial charge in [0.25, 0.3) is 0 Å². The number of nitrogens with zero attached hydrogens (tertiary/aromatic N) is 3. The Morgan fingerprint density at radius 2 is 1.00 bits per heavy atom. The maximum atomic E-state index is 13.2. The van der Waals surface area contributed by atoms with Crippen molar-refractivity contribution in [2.24, 2.45) is 0 Å². The molecule has 308 valence electrons. The smallest absolute Gasteiger partial charge is 0.315 e. The van der Waals surface area contributed by atoms with E-state index in [-0.39, 0.29) is 12.1 Å². The molecule has 0 saturated carbocycles.